The van der Waals surface area contributed by atoms with Crippen molar-refractivity contribution in [3.63, 3.8) is 0 Å². The molecule has 0 unspecified atom stereocenters. The zero-order chi connectivity index (χ0) is 16.4. The molecule has 0 fully saturated rings. The Kier molecular flexibility index (Phi) is 4.65. The minimum atomic E-state index is -1.11. The number of benzene rings is 2. The molecular weight excluding hydrogens is 312 g/mol. The molecular formula is C15H13F2NO3S. The van der Waals surface area contributed by atoms with E-state index in [1.807, 2.05) is 32.9 Å². The van der Waals surface area contributed by atoms with Crippen LogP contribution in [0.15, 0.2) is 29.2 Å². The van der Waals surface area contributed by atoms with Crippen molar-refractivity contribution < 1.29 is 17.9 Å². The van der Waals surface area contributed by atoms with Gasteiger partial charge in [0.15, 0.2) is 5.82 Å². The Morgan fingerprint density at radius 3 is 2.23 bits per heavy atom. The summed E-state index contributed by atoms with van der Waals surface area (Å²) in [6.45, 7) is 5.67. The Balaban J connectivity index is 2.35. The maximum atomic E-state index is 13.8. The van der Waals surface area contributed by atoms with E-state index < -0.39 is 28.0 Å². The molecule has 0 saturated heterocycles. The van der Waals surface area contributed by atoms with Gasteiger partial charge >= 0.3 is 5.69 Å². The monoisotopic (exact) mass is 325 g/mol. The van der Waals surface area contributed by atoms with Gasteiger partial charge in [-0.3, -0.25) is 10.1 Å². The molecule has 0 bridgehead atoms. The SMILES string of the molecule is Cc1cc(C)c(SOc2c(F)cc(F)cc2[N+](=O)[O-])c(C)c1. The van der Waals surface area contributed by atoms with Gasteiger partial charge in [-0.25, -0.2) is 8.78 Å². The summed E-state index contributed by atoms with van der Waals surface area (Å²) in [7, 11) is 0. The van der Waals surface area contributed by atoms with Crippen LogP contribution in [0.25, 0.3) is 0 Å². The number of aryl methyl sites for hydroxylation is 3. The zero-order valence-corrected chi connectivity index (χ0v) is 13.0. The summed E-state index contributed by atoms with van der Waals surface area (Å²) in [6, 6.07) is 5.04. The van der Waals surface area contributed by atoms with E-state index >= 15 is 0 Å². The molecule has 2 rings (SSSR count). The van der Waals surface area contributed by atoms with Crippen molar-refractivity contribution >= 4 is 17.7 Å². The van der Waals surface area contributed by atoms with Gasteiger partial charge in [-0.2, -0.15) is 0 Å². The van der Waals surface area contributed by atoms with Crippen molar-refractivity contribution in [3.05, 3.63) is 62.7 Å². The van der Waals surface area contributed by atoms with Crippen molar-refractivity contribution in [1.82, 2.24) is 0 Å². The average molecular weight is 325 g/mol. The second kappa shape index (κ2) is 6.31. The summed E-state index contributed by atoms with van der Waals surface area (Å²) in [5.74, 6) is -2.72. The maximum absolute atomic E-state index is 13.8. The van der Waals surface area contributed by atoms with E-state index in [0.29, 0.717) is 12.1 Å². The molecule has 0 saturated carbocycles. The highest BCUT2D eigenvalue weighted by Crippen LogP contribution is 2.37. The average Bonchev–Trinajstić information content (AvgIpc) is 2.38. The number of nitrogens with zero attached hydrogens (tertiary/aromatic N) is 1. The number of hydrogen-bond donors (Lipinski definition) is 0. The van der Waals surface area contributed by atoms with E-state index in [9.17, 15) is 18.9 Å². The normalized spacial score (nSPS) is 10.6. The van der Waals surface area contributed by atoms with Gasteiger partial charge in [0, 0.05) is 6.07 Å². The van der Waals surface area contributed by atoms with Crippen molar-refractivity contribution in [2.24, 2.45) is 0 Å². The van der Waals surface area contributed by atoms with Gasteiger partial charge in [0.25, 0.3) is 5.75 Å². The van der Waals surface area contributed by atoms with Gasteiger partial charge in [-0.1, -0.05) is 17.7 Å². The molecule has 0 aromatic heterocycles. The molecule has 0 spiro atoms. The highest BCUT2D eigenvalue weighted by atomic mass is 32.2. The molecule has 0 radical (unpaired) electrons. The van der Waals surface area contributed by atoms with E-state index in [0.717, 1.165) is 33.6 Å². The molecule has 2 aromatic carbocycles. The summed E-state index contributed by atoms with van der Waals surface area (Å²) in [5.41, 5.74) is 2.14. The number of halogens is 2. The lowest BCUT2D eigenvalue weighted by Gasteiger charge is -2.11. The van der Waals surface area contributed by atoms with Crippen LogP contribution in [-0.4, -0.2) is 4.92 Å². The molecule has 0 aliphatic heterocycles. The van der Waals surface area contributed by atoms with Gasteiger partial charge in [0.1, 0.15) is 5.82 Å². The van der Waals surface area contributed by atoms with E-state index in [1.165, 1.54) is 0 Å². The molecule has 0 N–H and O–H groups in total. The zero-order valence-electron chi connectivity index (χ0n) is 12.1. The number of rotatable bonds is 4. The van der Waals surface area contributed by atoms with Crippen molar-refractivity contribution in [2.45, 2.75) is 25.7 Å². The Hall–Kier alpha value is -2.15. The van der Waals surface area contributed by atoms with E-state index in [4.69, 9.17) is 4.18 Å². The highest BCUT2D eigenvalue weighted by molar-refractivity contribution is 7.95. The Bertz CT molecular complexity index is 727. The van der Waals surface area contributed by atoms with Gasteiger partial charge in [-0.15, -0.1) is 0 Å². The molecule has 7 heteroatoms. The van der Waals surface area contributed by atoms with Crippen molar-refractivity contribution in [2.75, 3.05) is 0 Å². The lowest BCUT2D eigenvalue weighted by molar-refractivity contribution is -0.385. The lowest BCUT2D eigenvalue weighted by Crippen LogP contribution is -1.98. The van der Waals surface area contributed by atoms with Crippen LogP contribution in [-0.2, 0) is 0 Å². The van der Waals surface area contributed by atoms with Crippen LogP contribution in [0.5, 0.6) is 5.75 Å². The largest absolute Gasteiger partial charge is 0.410 e. The van der Waals surface area contributed by atoms with Gasteiger partial charge in [0.05, 0.1) is 27.9 Å². The van der Waals surface area contributed by atoms with Crippen LogP contribution in [0, 0.1) is 42.5 Å². The minimum absolute atomic E-state index is 0.553. The number of nitro groups is 1. The molecule has 0 aliphatic carbocycles. The predicted octanol–water partition coefficient (Wildman–Crippen LogP) is 4.88. The van der Waals surface area contributed by atoms with Crippen LogP contribution in [0.1, 0.15) is 16.7 Å². The first-order valence-electron chi connectivity index (χ1n) is 6.35. The molecule has 0 atom stereocenters. The summed E-state index contributed by atoms with van der Waals surface area (Å²) < 4.78 is 32.1. The summed E-state index contributed by atoms with van der Waals surface area (Å²) in [4.78, 5) is 10.8. The van der Waals surface area contributed by atoms with Gasteiger partial charge < -0.3 is 4.18 Å². The fourth-order valence-corrected chi connectivity index (χ4v) is 2.86. The van der Waals surface area contributed by atoms with E-state index in [1.54, 1.807) is 0 Å². The number of hydrogen-bond acceptors (Lipinski definition) is 4. The molecule has 0 amide bonds. The second-order valence-corrected chi connectivity index (χ2v) is 5.63. The van der Waals surface area contributed by atoms with Crippen molar-refractivity contribution in [3.8, 4) is 5.75 Å². The quantitative estimate of drug-likeness (QED) is 0.456. The van der Waals surface area contributed by atoms with Crippen LogP contribution in [0.4, 0.5) is 14.5 Å². The predicted molar refractivity (Wildman–Crippen MR) is 80.2 cm³/mol. The van der Waals surface area contributed by atoms with Gasteiger partial charge in [-0.05, 0) is 31.9 Å². The van der Waals surface area contributed by atoms with E-state index in [2.05, 4.69) is 0 Å². The van der Waals surface area contributed by atoms with Crippen molar-refractivity contribution in [1.29, 1.82) is 0 Å². The smallest absolute Gasteiger partial charge is 0.318 e. The molecule has 4 nitrogen and oxygen atoms in total. The second-order valence-electron chi connectivity index (χ2n) is 4.89. The third-order valence-electron chi connectivity index (χ3n) is 3.00. The minimum Gasteiger partial charge on any atom is -0.410 e. The van der Waals surface area contributed by atoms with Crippen LogP contribution < -0.4 is 4.18 Å². The van der Waals surface area contributed by atoms with Crippen LogP contribution in [0.3, 0.4) is 0 Å². The Morgan fingerprint density at radius 1 is 1.09 bits per heavy atom. The first-order chi connectivity index (χ1) is 10.3. The molecule has 0 aliphatic rings. The topological polar surface area (TPSA) is 52.4 Å². The fraction of sp³-hybridized carbons (Fsp3) is 0.200. The van der Waals surface area contributed by atoms with Crippen LogP contribution in [0.2, 0.25) is 0 Å². The number of nitro benzene ring substituents is 1. The van der Waals surface area contributed by atoms with E-state index in [-0.39, 0.29) is 0 Å². The van der Waals surface area contributed by atoms with Gasteiger partial charge in [0.2, 0.25) is 0 Å². The first-order valence-corrected chi connectivity index (χ1v) is 7.09. The summed E-state index contributed by atoms with van der Waals surface area (Å²) >= 11 is 0.820. The highest BCUT2D eigenvalue weighted by Gasteiger charge is 2.23. The first kappa shape index (κ1) is 16.2. The molecule has 22 heavy (non-hydrogen) atoms. The lowest BCUT2D eigenvalue weighted by atomic mass is 10.1. The summed E-state index contributed by atoms with van der Waals surface area (Å²) in [5, 5.41) is 10.9. The molecule has 2 aromatic rings. The molecule has 0 heterocycles. The summed E-state index contributed by atoms with van der Waals surface area (Å²) in [6.07, 6.45) is 0. The standard InChI is InChI=1S/C15H13F2NO3S/c1-8-4-9(2)15(10(3)5-8)22-21-14-12(17)6-11(16)7-13(14)18(19)20/h4-7H,1-3H3. The molecule has 116 valence electrons. The fourth-order valence-electron chi connectivity index (χ4n) is 2.15. The Labute approximate surface area is 130 Å². The third kappa shape index (κ3) is 3.36. The van der Waals surface area contributed by atoms with Crippen LogP contribution >= 0.6 is 12.0 Å². The maximum Gasteiger partial charge on any atom is 0.318 e. The Morgan fingerprint density at radius 2 is 1.68 bits per heavy atom. The third-order valence-corrected chi connectivity index (χ3v) is 4.06.